The molecule has 2 nitrogen and oxygen atoms in total. The van der Waals surface area contributed by atoms with Crippen molar-refractivity contribution in [2.75, 3.05) is 5.32 Å². The van der Waals surface area contributed by atoms with Crippen LogP contribution >= 0.6 is 11.6 Å². The summed E-state index contributed by atoms with van der Waals surface area (Å²) >= 11 is 5.74. The van der Waals surface area contributed by atoms with Crippen LogP contribution in [0.2, 0.25) is 5.02 Å². The van der Waals surface area contributed by atoms with E-state index in [0.717, 1.165) is 22.8 Å². The minimum Gasteiger partial charge on any atom is -0.459 e. The smallest absolute Gasteiger partial charge is 0.141 e. The molecule has 0 atom stereocenters. The number of halogens is 2. The van der Waals surface area contributed by atoms with Crippen LogP contribution in [0.3, 0.4) is 0 Å². The fraction of sp³-hybridized carbons (Fsp3) is 0.0588. The van der Waals surface area contributed by atoms with E-state index in [2.05, 4.69) is 5.32 Å². The summed E-state index contributed by atoms with van der Waals surface area (Å²) in [6.45, 7) is 0.509. The monoisotopic (exact) mass is 301 g/mol. The second-order valence-corrected chi connectivity index (χ2v) is 5.02. The highest BCUT2D eigenvalue weighted by Gasteiger charge is 2.05. The van der Waals surface area contributed by atoms with Crippen LogP contribution in [0.15, 0.2) is 65.1 Å². The molecular formula is C17H13ClFNO. The molecule has 0 saturated heterocycles. The molecule has 0 radical (unpaired) electrons. The molecule has 106 valence electrons. The molecule has 1 aromatic heterocycles. The highest BCUT2D eigenvalue weighted by atomic mass is 35.5. The second-order valence-electron chi connectivity index (χ2n) is 4.61. The van der Waals surface area contributed by atoms with Crippen molar-refractivity contribution in [1.82, 2.24) is 0 Å². The fourth-order valence-corrected chi connectivity index (χ4v) is 2.21. The van der Waals surface area contributed by atoms with Crippen molar-refractivity contribution in [2.45, 2.75) is 6.54 Å². The van der Waals surface area contributed by atoms with Crippen molar-refractivity contribution in [3.05, 3.63) is 77.3 Å². The molecule has 0 fully saturated rings. The molecule has 2 aromatic carbocycles. The summed E-state index contributed by atoms with van der Waals surface area (Å²) in [4.78, 5) is 0. The fourth-order valence-electron chi connectivity index (χ4n) is 2.03. The van der Waals surface area contributed by atoms with Gasteiger partial charge in [0, 0.05) is 11.3 Å². The van der Waals surface area contributed by atoms with Crippen LogP contribution in [0, 0.1) is 5.82 Å². The van der Waals surface area contributed by atoms with Gasteiger partial charge in [0.15, 0.2) is 0 Å². The van der Waals surface area contributed by atoms with Gasteiger partial charge in [-0.2, -0.15) is 0 Å². The van der Waals surface area contributed by atoms with Gasteiger partial charge in [-0.15, -0.1) is 0 Å². The zero-order valence-electron chi connectivity index (χ0n) is 11.1. The molecule has 0 aliphatic heterocycles. The Hall–Kier alpha value is -2.26. The van der Waals surface area contributed by atoms with Crippen molar-refractivity contribution in [3.8, 4) is 11.3 Å². The van der Waals surface area contributed by atoms with Crippen LogP contribution in [-0.2, 0) is 6.54 Å². The van der Waals surface area contributed by atoms with E-state index in [1.807, 2.05) is 42.5 Å². The molecule has 0 unspecified atom stereocenters. The van der Waals surface area contributed by atoms with Crippen molar-refractivity contribution in [3.63, 3.8) is 0 Å². The Kier molecular flexibility index (Phi) is 3.93. The van der Waals surface area contributed by atoms with E-state index >= 15 is 0 Å². The maximum Gasteiger partial charge on any atom is 0.141 e. The number of nitrogens with one attached hydrogen (secondary N) is 1. The van der Waals surface area contributed by atoms with Crippen LogP contribution < -0.4 is 5.32 Å². The van der Waals surface area contributed by atoms with E-state index in [1.54, 1.807) is 12.1 Å². The lowest BCUT2D eigenvalue weighted by atomic mass is 10.2. The zero-order chi connectivity index (χ0) is 14.7. The standard InChI is InChI=1S/C17H13ClFNO/c18-15-10-13(6-8-16(15)19)20-11-14-7-9-17(21-14)12-4-2-1-3-5-12/h1-10,20H,11H2. The Morgan fingerprint density at radius 3 is 2.57 bits per heavy atom. The first-order valence-corrected chi connectivity index (χ1v) is 6.93. The Bertz CT molecular complexity index is 740. The van der Waals surface area contributed by atoms with Crippen molar-refractivity contribution in [1.29, 1.82) is 0 Å². The van der Waals surface area contributed by atoms with E-state index in [4.69, 9.17) is 16.0 Å². The summed E-state index contributed by atoms with van der Waals surface area (Å²) in [7, 11) is 0. The Morgan fingerprint density at radius 2 is 1.81 bits per heavy atom. The first-order valence-electron chi connectivity index (χ1n) is 6.55. The van der Waals surface area contributed by atoms with Gasteiger partial charge in [0.1, 0.15) is 17.3 Å². The van der Waals surface area contributed by atoms with Crippen LogP contribution in [0.1, 0.15) is 5.76 Å². The minimum absolute atomic E-state index is 0.101. The SMILES string of the molecule is Fc1ccc(NCc2ccc(-c3ccccc3)o2)cc1Cl. The van der Waals surface area contributed by atoms with E-state index in [1.165, 1.54) is 6.07 Å². The summed E-state index contributed by atoms with van der Waals surface area (Å²) in [6.07, 6.45) is 0. The van der Waals surface area contributed by atoms with Crippen LogP contribution in [0.4, 0.5) is 10.1 Å². The molecule has 0 spiro atoms. The number of hydrogen-bond donors (Lipinski definition) is 1. The molecule has 1 N–H and O–H groups in total. The van der Waals surface area contributed by atoms with Gasteiger partial charge in [0.25, 0.3) is 0 Å². The molecule has 1 heterocycles. The van der Waals surface area contributed by atoms with E-state index in [-0.39, 0.29) is 5.02 Å². The van der Waals surface area contributed by atoms with Crippen LogP contribution in [0.25, 0.3) is 11.3 Å². The predicted octanol–water partition coefficient (Wildman–Crippen LogP) is 5.35. The lowest BCUT2D eigenvalue weighted by Crippen LogP contribution is -1.98. The predicted molar refractivity (Wildman–Crippen MR) is 82.9 cm³/mol. The molecule has 0 bridgehead atoms. The first kappa shape index (κ1) is 13.7. The van der Waals surface area contributed by atoms with Gasteiger partial charge in [-0.25, -0.2) is 4.39 Å². The Balaban J connectivity index is 1.69. The quantitative estimate of drug-likeness (QED) is 0.702. The topological polar surface area (TPSA) is 25.2 Å². The average molecular weight is 302 g/mol. The largest absolute Gasteiger partial charge is 0.459 e. The molecular weight excluding hydrogens is 289 g/mol. The molecule has 0 saturated carbocycles. The number of benzene rings is 2. The highest BCUT2D eigenvalue weighted by Crippen LogP contribution is 2.23. The summed E-state index contributed by atoms with van der Waals surface area (Å²) in [6, 6.07) is 18.3. The van der Waals surface area contributed by atoms with Crippen LogP contribution in [-0.4, -0.2) is 0 Å². The van der Waals surface area contributed by atoms with Gasteiger partial charge in [0.2, 0.25) is 0 Å². The third-order valence-corrected chi connectivity index (χ3v) is 3.40. The minimum atomic E-state index is -0.424. The van der Waals surface area contributed by atoms with Crippen molar-refractivity contribution >= 4 is 17.3 Å². The van der Waals surface area contributed by atoms with E-state index < -0.39 is 5.82 Å². The molecule has 3 rings (SSSR count). The lowest BCUT2D eigenvalue weighted by molar-refractivity contribution is 0.531. The highest BCUT2D eigenvalue weighted by molar-refractivity contribution is 6.31. The van der Waals surface area contributed by atoms with E-state index in [0.29, 0.717) is 6.54 Å². The average Bonchev–Trinajstić information content (AvgIpc) is 2.98. The van der Waals surface area contributed by atoms with Gasteiger partial charge in [-0.05, 0) is 30.3 Å². The van der Waals surface area contributed by atoms with Crippen molar-refractivity contribution < 1.29 is 8.81 Å². The third kappa shape index (κ3) is 3.26. The van der Waals surface area contributed by atoms with Crippen molar-refractivity contribution in [2.24, 2.45) is 0 Å². The second kappa shape index (κ2) is 6.02. The number of furan rings is 1. The summed E-state index contributed by atoms with van der Waals surface area (Å²) in [5.74, 6) is 1.20. The normalized spacial score (nSPS) is 10.6. The summed E-state index contributed by atoms with van der Waals surface area (Å²) < 4.78 is 18.9. The van der Waals surface area contributed by atoms with Gasteiger partial charge in [0.05, 0.1) is 11.6 Å². The molecule has 0 amide bonds. The number of hydrogen-bond acceptors (Lipinski definition) is 2. The molecule has 21 heavy (non-hydrogen) atoms. The Morgan fingerprint density at radius 1 is 1.00 bits per heavy atom. The third-order valence-electron chi connectivity index (χ3n) is 3.11. The maximum absolute atomic E-state index is 13.1. The van der Waals surface area contributed by atoms with Gasteiger partial charge in [-0.1, -0.05) is 41.9 Å². The molecule has 0 aliphatic carbocycles. The molecule has 3 aromatic rings. The van der Waals surface area contributed by atoms with E-state index in [9.17, 15) is 4.39 Å². The maximum atomic E-state index is 13.1. The Labute approximate surface area is 127 Å². The summed E-state index contributed by atoms with van der Waals surface area (Å²) in [5, 5.41) is 3.25. The van der Waals surface area contributed by atoms with Gasteiger partial charge < -0.3 is 9.73 Å². The molecule has 4 heteroatoms. The zero-order valence-corrected chi connectivity index (χ0v) is 11.9. The molecule has 0 aliphatic rings. The summed E-state index contributed by atoms with van der Waals surface area (Å²) in [5.41, 5.74) is 1.78. The van der Waals surface area contributed by atoms with Crippen LogP contribution in [0.5, 0.6) is 0 Å². The first-order chi connectivity index (χ1) is 10.2. The lowest BCUT2D eigenvalue weighted by Gasteiger charge is -2.05. The number of rotatable bonds is 4. The van der Waals surface area contributed by atoms with Gasteiger partial charge >= 0.3 is 0 Å². The number of anilines is 1. The van der Waals surface area contributed by atoms with Gasteiger partial charge in [-0.3, -0.25) is 0 Å².